The van der Waals surface area contributed by atoms with Crippen LogP contribution in [-0.2, 0) is 24.8 Å². The molecule has 1 aromatic carbocycles. The predicted molar refractivity (Wildman–Crippen MR) is 111 cm³/mol. The van der Waals surface area contributed by atoms with Crippen molar-refractivity contribution < 1.29 is 4.79 Å². The van der Waals surface area contributed by atoms with Crippen LogP contribution in [0.1, 0.15) is 21.6 Å². The summed E-state index contributed by atoms with van der Waals surface area (Å²) in [5.41, 5.74) is 3.51. The van der Waals surface area contributed by atoms with Crippen LogP contribution in [0, 0.1) is 13.8 Å². The Morgan fingerprint density at radius 2 is 2.00 bits per heavy atom. The van der Waals surface area contributed by atoms with Crippen LogP contribution in [0.5, 0.6) is 0 Å². The molecule has 1 amide bonds. The third-order valence-corrected chi connectivity index (χ3v) is 7.29. The fraction of sp³-hybridized carbons (Fsp3) is 0.350. The molecule has 1 aliphatic rings. The highest BCUT2D eigenvalue weighted by atomic mass is 32.2. The molecule has 0 N–H and O–H groups in total. The zero-order valence-corrected chi connectivity index (χ0v) is 17.2. The second kappa shape index (κ2) is 7.13. The van der Waals surface area contributed by atoms with E-state index < -0.39 is 0 Å². The zero-order valence-electron chi connectivity index (χ0n) is 15.6. The lowest BCUT2D eigenvalue weighted by molar-refractivity contribution is -0.129. The molecule has 0 saturated heterocycles. The van der Waals surface area contributed by atoms with Gasteiger partial charge < -0.3 is 4.90 Å². The van der Waals surface area contributed by atoms with E-state index in [0.29, 0.717) is 17.1 Å². The predicted octanol–water partition coefficient (Wildman–Crippen LogP) is 3.29. The van der Waals surface area contributed by atoms with Crippen molar-refractivity contribution in [1.82, 2.24) is 14.5 Å². The number of aryl methyl sites for hydroxylation is 2. The number of nitrogens with zero attached hydrogens (tertiary/aromatic N) is 3. The molecule has 2 aromatic heterocycles. The molecule has 0 aliphatic carbocycles. The van der Waals surface area contributed by atoms with Gasteiger partial charge in [0.1, 0.15) is 4.83 Å². The van der Waals surface area contributed by atoms with Gasteiger partial charge in [-0.2, -0.15) is 0 Å². The Bertz CT molecular complexity index is 1100. The van der Waals surface area contributed by atoms with Crippen molar-refractivity contribution in [2.75, 3.05) is 12.3 Å². The Labute approximate surface area is 166 Å². The summed E-state index contributed by atoms with van der Waals surface area (Å²) < 4.78 is 1.56. The van der Waals surface area contributed by atoms with Gasteiger partial charge in [-0.25, -0.2) is 4.98 Å². The fourth-order valence-electron chi connectivity index (χ4n) is 3.41. The lowest BCUT2D eigenvalue weighted by atomic mass is 10.00. The number of hydrogen-bond acceptors (Lipinski definition) is 5. The Balaban J connectivity index is 1.51. The first kappa shape index (κ1) is 18.3. The van der Waals surface area contributed by atoms with E-state index in [4.69, 9.17) is 0 Å². The van der Waals surface area contributed by atoms with E-state index >= 15 is 0 Å². The zero-order chi connectivity index (χ0) is 19.1. The maximum absolute atomic E-state index is 12.7. The average molecular weight is 400 g/mol. The largest absolute Gasteiger partial charge is 0.337 e. The molecule has 0 saturated carbocycles. The maximum Gasteiger partial charge on any atom is 0.262 e. The van der Waals surface area contributed by atoms with Crippen molar-refractivity contribution in [3.63, 3.8) is 0 Å². The van der Waals surface area contributed by atoms with Crippen LogP contribution in [0.25, 0.3) is 10.2 Å². The highest BCUT2D eigenvalue weighted by Crippen LogP contribution is 2.28. The molecule has 0 spiro atoms. The molecule has 0 bridgehead atoms. The lowest BCUT2D eigenvalue weighted by Crippen LogP contribution is -2.37. The number of benzene rings is 1. The number of carbonyl (C=O) groups excluding carboxylic acids is 1. The van der Waals surface area contributed by atoms with Crippen LogP contribution < -0.4 is 5.56 Å². The van der Waals surface area contributed by atoms with Gasteiger partial charge in [-0.15, -0.1) is 11.3 Å². The number of amides is 1. The van der Waals surface area contributed by atoms with Crippen molar-refractivity contribution in [1.29, 1.82) is 0 Å². The quantitative estimate of drug-likeness (QED) is 0.501. The molecule has 3 aromatic rings. The van der Waals surface area contributed by atoms with E-state index in [1.54, 1.807) is 11.6 Å². The molecular formula is C20H21N3O2S2. The summed E-state index contributed by atoms with van der Waals surface area (Å²) in [7, 11) is 1.73. The van der Waals surface area contributed by atoms with Crippen molar-refractivity contribution in [2.24, 2.45) is 7.05 Å². The van der Waals surface area contributed by atoms with Crippen LogP contribution in [0.4, 0.5) is 0 Å². The van der Waals surface area contributed by atoms with Gasteiger partial charge in [-0.3, -0.25) is 14.2 Å². The molecule has 0 fully saturated rings. The first-order valence-electron chi connectivity index (χ1n) is 8.90. The second-order valence-electron chi connectivity index (χ2n) is 6.84. The van der Waals surface area contributed by atoms with E-state index in [1.165, 1.54) is 34.2 Å². The lowest BCUT2D eigenvalue weighted by Gasteiger charge is -2.28. The molecule has 0 unspecified atom stereocenters. The summed E-state index contributed by atoms with van der Waals surface area (Å²) in [6.07, 6.45) is 0.892. The number of rotatable bonds is 3. The van der Waals surface area contributed by atoms with Crippen LogP contribution in [0.2, 0.25) is 0 Å². The van der Waals surface area contributed by atoms with E-state index in [2.05, 4.69) is 17.1 Å². The van der Waals surface area contributed by atoms with Gasteiger partial charge in [0.05, 0.1) is 11.1 Å². The monoisotopic (exact) mass is 399 g/mol. The minimum absolute atomic E-state index is 0.0382. The molecule has 4 rings (SSSR count). The Morgan fingerprint density at radius 1 is 1.26 bits per heavy atom. The highest BCUT2D eigenvalue weighted by Gasteiger charge is 2.21. The van der Waals surface area contributed by atoms with Gasteiger partial charge in [-0.1, -0.05) is 36.0 Å². The van der Waals surface area contributed by atoms with E-state index in [0.717, 1.165) is 28.2 Å². The number of thioether (sulfide) groups is 1. The molecule has 0 atom stereocenters. The van der Waals surface area contributed by atoms with Crippen LogP contribution in [0.15, 0.2) is 34.2 Å². The summed E-state index contributed by atoms with van der Waals surface area (Å²) in [5, 5.41) is 1.29. The first-order chi connectivity index (χ1) is 13.0. The molecule has 140 valence electrons. The Hall–Kier alpha value is -2.12. The number of fused-ring (bicyclic) bond motifs is 2. The number of hydrogen-bond donors (Lipinski definition) is 0. The van der Waals surface area contributed by atoms with E-state index in [9.17, 15) is 9.59 Å². The van der Waals surface area contributed by atoms with Gasteiger partial charge in [0.15, 0.2) is 5.16 Å². The standard InChI is InChI=1S/C20H21N3O2S2/c1-12-13(2)27-18-17(12)19(25)22(3)20(21-18)26-11-16(24)23-9-8-14-6-4-5-7-15(14)10-23/h4-7H,8-11H2,1-3H3. The average Bonchev–Trinajstić information content (AvgIpc) is 2.96. The van der Waals surface area contributed by atoms with Gasteiger partial charge in [-0.05, 0) is 37.0 Å². The van der Waals surface area contributed by atoms with Gasteiger partial charge in [0, 0.05) is 25.0 Å². The minimum Gasteiger partial charge on any atom is -0.337 e. The molecule has 3 heterocycles. The van der Waals surface area contributed by atoms with Crippen LogP contribution in [-0.4, -0.2) is 32.7 Å². The third-order valence-electron chi connectivity index (χ3n) is 5.18. The van der Waals surface area contributed by atoms with Gasteiger partial charge >= 0.3 is 0 Å². The minimum atomic E-state index is -0.0382. The molecule has 5 nitrogen and oxygen atoms in total. The Kier molecular flexibility index (Phi) is 4.82. The molecule has 0 radical (unpaired) electrons. The smallest absolute Gasteiger partial charge is 0.262 e. The number of carbonyl (C=O) groups is 1. The van der Waals surface area contributed by atoms with Crippen molar-refractivity contribution in [3.8, 4) is 0 Å². The van der Waals surface area contributed by atoms with E-state index in [-0.39, 0.29) is 17.2 Å². The van der Waals surface area contributed by atoms with E-state index in [1.807, 2.05) is 30.9 Å². The summed E-state index contributed by atoms with van der Waals surface area (Å²) in [5.74, 6) is 0.375. The van der Waals surface area contributed by atoms with Gasteiger partial charge in [0.25, 0.3) is 5.56 Å². The normalized spacial score (nSPS) is 13.8. The second-order valence-corrected chi connectivity index (χ2v) is 8.99. The number of aromatic nitrogens is 2. The highest BCUT2D eigenvalue weighted by molar-refractivity contribution is 7.99. The fourth-order valence-corrected chi connectivity index (χ4v) is 5.36. The summed E-state index contributed by atoms with van der Waals surface area (Å²) in [6.45, 7) is 5.36. The van der Waals surface area contributed by atoms with Crippen LogP contribution >= 0.6 is 23.1 Å². The summed E-state index contributed by atoms with van der Waals surface area (Å²) >= 11 is 2.88. The third kappa shape index (κ3) is 3.30. The SMILES string of the molecule is Cc1sc2nc(SCC(=O)N3CCc4ccccc4C3)n(C)c(=O)c2c1C. The number of thiophene rings is 1. The van der Waals surface area contributed by atoms with Gasteiger partial charge in [0.2, 0.25) is 5.91 Å². The molecule has 27 heavy (non-hydrogen) atoms. The topological polar surface area (TPSA) is 55.2 Å². The first-order valence-corrected chi connectivity index (χ1v) is 10.7. The molecular weight excluding hydrogens is 378 g/mol. The van der Waals surface area contributed by atoms with Crippen molar-refractivity contribution in [3.05, 3.63) is 56.2 Å². The molecule has 7 heteroatoms. The van der Waals surface area contributed by atoms with Crippen LogP contribution in [0.3, 0.4) is 0 Å². The summed E-state index contributed by atoms with van der Waals surface area (Å²) in [6, 6.07) is 8.28. The Morgan fingerprint density at radius 3 is 2.78 bits per heavy atom. The summed E-state index contributed by atoms with van der Waals surface area (Å²) in [4.78, 5) is 33.8. The van der Waals surface area contributed by atoms with Crippen molar-refractivity contribution in [2.45, 2.75) is 32.0 Å². The van der Waals surface area contributed by atoms with Crippen molar-refractivity contribution >= 4 is 39.2 Å². The molecule has 1 aliphatic heterocycles. The maximum atomic E-state index is 12.7.